The number of nitrogens with zero attached hydrogens (tertiary/aromatic N) is 2. The Kier molecular flexibility index (Phi) is 3.25. The number of hydrogen-bond acceptors (Lipinski definition) is 3. The van der Waals surface area contributed by atoms with Gasteiger partial charge in [0.2, 0.25) is 0 Å². The van der Waals surface area contributed by atoms with Crippen LogP contribution in [0.15, 0.2) is 24.3 Å². The van der Waals surface area contributed by atoms with Crippen LogP contribution in [0.1, 0.15) is 11.1 Å². The zero-order chi connectivity index (χ0) is 11.6. The van der Waals surface area contributed by atoms with Gasteiger partial charge in [-0.05, 0) is 6.92 Å². The first-order chi connectivity index (χ1) is 7.57. The number of hydroxylamine groups is 5. The molecule has 1 aliphatic rings. The van der Waals surface area contributed by atoms with Gasteiger partial charge in [0.05, 0.1) is 13.1 Å². The van der Waals surface area contributed by atoms with Gasteiger partial charge < -0.3 is 5.21 Å². The molecule has 1 fully saturated rings. The molecule has 4 nitrogen and oxygen atoms in total. The second-order valence-corrected chi connectivity index (χ2v) is 4.64. The Labute approximate surface area is 95.8 Å². The van der Waals surface area contributed by atoms with Crippen molar-refractivity contribution in [1.29, 1.82) is 0 Å². The molecule has 88 valence electrons. The zero-order valence-electron chi connectivity index (χ0n) is 9.63. The summed E-state index contributed by atoms with van der Waals surface area (Å²) in [6.45, 7) is 4.88. The molecule has 1 aliphatic heterocycles. The first-order valence-corrected chi connectivity index (χ1v) is 5.66. The minimum Gasteiger partial charge on any atom is -0.314 e. The van der Waals surface area contributed by atoms with Gasteiger partial charge in [0, 0.05) is 5.56 Å². The summed E-state index contributed by atoms with van der Waals surface area (Å²) < 4.78 is 0.0279. The molecule has 1 saturated heterocycles. The third-order valence-corrected chi connectivity index (χ3v) is 3.15. The van der Waals surface area contributed by atoms with Crippen molar-refractivity contribution >= 4 is 0 Å². The SMILES string of the molecule is Cc1ccc(C[N+]2(O)CCN(O)CC2)cc1. The lowest BCUT2D eigenvalue weighted by molar-refractivity contribution is -1.12. The molecule has 0 unspecified atom stereocenters. The van der Waals surface area contributed by atoms with Crippen LogP contribution in [0.5, 0.6) is 0 Å². The van der Waals surface area contributed by atoms with Crippen LogP contribution in [-0.4, -0.2) is 46.3 Å². The van der Waals surface area contributed by atoms with E-state index in [1.165, 1.54) is 10.6 Å². The van der Waals surface area contributed by atoms with Crippen molar-refractivity contribution < 1.29 is 15.1 Å². The van der Waals surface area contributed by atoms with Gasteiger partial charge in [0.15, 0.2) is 0 Å². The van der Waals surface area contributed by atoms with E-state index in [0.717, 1.165) is 5.56 Å². The van der Waals surface area contributed by atoms with Crippen molar-refractivity contribution in [3.8, 4) is 0 Å². The van der Waals surface area contributed by atoms with Gasteiger partial charge in [-0.2, -0.15) is 9.71 Å². The fraction of sp³-hybridized carbons (Fsp3) is 0.500. The van der Waals surface area contributed by atoms with Gasteiger partial charge in [-0.3, -0.25) is 0 Å². The van der Waals surface area contributed by atoms with Crippen LogP contribution in [-0.2, 0) is 6.54 Å². The van der Waals surface area contributed by atoms with Crippen LogP contribution < -0.4 is 0 Å². The Morgan fingerprint density at radius 3 is 2.31 bits per heavy atom. The molecule has 1 aromatic carbocycles. The average Bonchev–Trinajstić information content (AvgIpc) is 2.27. The number of quaternary nitrogens is 1. The summed E-state index contributed by atoms with van der Waals surface area (Å²) in [6.07, 6.45) is 0. The van der Waals surface area contributed by atoms with E-state index in [2.05, 4.69) is 31.2 Å². The van der Waals surface area contributed by atoms with Crippen molar-refractivity contribution in [2.24, 2.45) is 0 Å². The quantitative estimate of drug-likeness (QED) is 0.745. The summed E-state index contributed by atoms with van der Waals surface area (Å²) in [4.78, 5) is 0. The summed E-state index contributed by atoms with van der Waals surface area (Å²) in [7, 11) is 0. The van der Waals surface area contributed by atoms with Gasteiger partial charge in [-0.25, -0.2) is 5.21 Å². The number of hydrogen-bond donors (Lipinski definition) is 2. The molecule has 0 atom stereocenters. The van der Waals surface area contributed by atoms with Gasteiger partial charge in [-0.15, -0.1) is 0 Å². The van der Waals surface area contributed by atoms with E-state index >= 15 is 0 Å². The molecule has 2 rings (SSSR count). The predicted octanol–water partition coefficient (Wildman–Crippen LogP) is 1.41. The minimum atomic E-state index is 0.0279. The topological polar surface area (TPSA) is 43.7 Å². The summed E-state index contributed by atoms with van der Waals surface area (Å²) >= 11 is 0. The van der Waals surface area contributed by atoms with E-state index in [0.29, 0.717) is 32.7 Å². The fourth-order valence-corrected chi connectivity index (χ4v) is 2.02. The van der Waals surface area contributed by atoms with E-state index in [1.54, 1.807) is 0 Å². The Morgan fingerprint density at radius 2 is 1.75 bits per heavy atom. The lowest BCUT2D eigenvalue weighted by atomic mass is 10.1. The molecular weight excluding hydrogens is 204 g/mol. The summed E-state index contributed by atoms with van der Waals surface area (Å²) in [6, 6.07) is 8.22. The first kappa shape index (κ1) is 11.5. The molecule has 0 aliphatic carbocycles. The molecule has 0 aromatic heterocycles. The largest absolute Gasteiger partial charge is 0.314 e. The standard InChI is InChI=1S/C12H19N2O2/c1-11-2-4-12(5-3-11)10-14(16)8-6-13(15)7-9-14/h2-5,15-16H,6-10H2,1H3/q+1. The maximum absolute atomic E-state index is 10.3. The third-order valence-electron chi connectivity index (χ3n) is 3.15. The van der Waals surface area contributed by atoms with Crippen molar-refractivity contribution in [3.05, 3.63) is 35.4 Å². The number of aryl methyl sites for hydroxylation is 1. The Hall–Kier alpha value is -0.940. The maximum Gasteiger partial charge on any atom is 0.134 e. The van der Waals surface area contributed by atoms with E-state index in [4.69, 9.17) is 0 Å². The normalized spacial score (nSPS) is 20.9. The lowest BCUT2D eigenvalue weighted by Gasteiger charge is -2.36. The van der Waals surface area contributed by atoms with Crippen LogP contribution in [0.4, 0.5) is 0 Å². The van der Waals surface area contributed by atoms with Gasteiger partial charge in [-0.1, -0.05) is 29.8 Å². The summed E-state index contributed by atoms with van der Waals surface area (Å²) in [5.74, 6) is 0. The van der Waals surface area contributed by atoms with Crippen LogP contribution in [0.2, 0.25) is 0 Å². The number of rotatable bonds is 2. The highest BCUT2D eigenvalue weighted by Gasteiger charge is 2.31. The Morgan fingerprint density at radius 1 is 1.19 bits per heavy atom. The van der Waals surface area contributed by atoms with Crippen molar-refractivity contribution in [2.45, 2.75) is 13.5 Å². The fourth-order valence-electron chi connectivity index (χ4n) is 2.02. The van der Waals surface area contributed by atoms with Crippen LogP contribution in [0.3, 0.4) is 0 Å². The zero-order valence-corrected chi connectivity index (χ0v) is 9.63. The van der Waals surface area contributed by atoms with Gasteiger partial charge in [0.25, 0.3) is 0 Å². The second kappa shape index (κ2) is 4.51. The third kappa shape index (κ3) is 2.80. The van der Waals surface area contributed by atoms with Crippen molar-refractivity contribution in [1.82, 2.24) is 5.06 Å². The van der Waals surface area contributed by atoms with Crippen molar-refractivity contribution in [2.75, 3.05) is 26.2 Å². The van der Waals surface area contributed by atoms with Gasteiger partial charge >= 0.3 is 0 Å². The molecule has 0 bridgehead atoms. The highest BCUT2D eigenvalue weighted by molar-refractivity contribution is 5.20. The highest BCUT2D eigenvalue weighted by atomic mass is 16.6. The molecule has 0 radical (unpaired) electrons. The summed E-state index contributed by atoms with van der Waals surface area (Å²) in [5.41, 5.74) is 2.37. The molecule has 1 aromatic rings. The van der Waals surface area contributed by atoms with E-state index in [9.17, 15) is 10.4 Å². The molecule has 1 heterocycles. The molecule has 0 amide bonds. The predicted molar refractivity (Wildman–Crippen MR) is 60.0 cm³/mol. The van der Waals surface area contributed by atoms with Crippen molar-refractivity contribution in [3.63, 3.8) is 0 Å². The molecule has 0 spiro atoms. The average molecular weight is 223 g/mol. The first-order valence-electron chi connectivity index (χ1n) is 5.66. The van der Waals surface area contributed by atoms with Crippen LogP contribution >= 0.6 is 0 Å². The maximum atomic E-state index is 10.3. The Balaban J connectivity index is 2.00. The summed E-state index contributed by atoms with van der Waals surface area (Å²) in [5, 5.41) is 20.8. The minimum absolute atomic E-state index is 0.0279. The highest BCUT2D eigenvalue weighted by Crippen LogP contribution is 2.15. The molecular formula is C12H19N2O2+. The van der Waals surface area contributed by atoms with Crippen LogP contribution in [0, 0.1) is 6.92 Å². The number of piperazine rings is 1. The van der Waals surface area contributed by atoms with E-state index in [-0.39, 0.29) is 4.65 Å². The Bertz CT molecular complexity index is 343. The number of benzene rings is 1. The monoisotopic (exact) mass is 223 g/mol. The van der Waals surface area contributed by atoms with E-state index < -0.39 is 0 Å². The molecule has 16 heavy (non-hydrogen) atoms. The second-order valence-electron chi connectivity index (χ2n) is 4.64. The smallest absolute Gasteiger partial charge is 0.134 e. The molecule has 0 saturated carbocycles. The molecule has 2 N–H and O–H groups in total. The lowest BCUT2D eigenvalue weighted by Crippen LogP contribution is -2.56. The van der Waals surface area contributed by atoms with Crippen LogP contribution in [0.25, 0.3) is 0 Å². The molecule has 4 heteroatoms. The van der Waals surface area contributed by atoms with E-state index in [1.807, 2.05) is 0 Å². The van der Waals surface area contributed by atoms with Gasteiger partial charge in [0.1, 0.15) is 19.6 Å².